The van der Waals surface area contributed by atoms with Gasteiger partial charge < -0.3 is 0 Å². The molecule has 3 heteroatoms. The Morgan fingerprint density at radius 3 is 2.47 bits per heavy atom. The van der Waals surface area contributed by atoms with Gasteiger partial charge in [0.2, 0.25) is 0 Å². The summed E-state index contributed by atoms with van der Waals surface area (Å²) in [5.74, 6) is -0.632. The van der Waals surface area contributed by atoms with Crippen molar-refractivity contribution in [2.45, 2.75) is 6.92 Å². The zero-order valence-corrected chi connectivity index (χ0v) is 10.3. The molecule has 0 radical (unpaired) electrons. The average molecular weight is 255 g/mol. The van der Waals surface area contributed by atoms with Gasteiger partial charge in [0.1, 0.15) is 11.6 Å². The summed E-state index contributed by atoms with van der Waals surface area (Å²) in [6, 6.07) is 12.7. The fourth-order valence-corrected chi connectivity index (χ4v) is 2.17. The number of hydrogen-bond acceptors (Lipinski definition) is 1. The van der Waals surface area contributed by atoms with Crippen LogP contribution in [-0.4, -0.2) is 4.98 Å². The predicted molar refractivity (Wildman–Crippen MR) is 71.8 cm³/mol. The van der Waals surface area contributed by atoms with Crippen LogP contribution in [0.2, 0.25) is 0 Å². The average Bonchev–Trinajstić information content (AvgIpc) is 2.38. The Bertz CT molecular complexity index is 766. The maximum atomic E-state index is 13.3. The van der Waals surface area contributed by atoms with Gasteiger partial charge in [-0.25, -0.2) is 13.8 Å². The summed E-state index contributed by atoms with van der Waals surface area (Å²) in [6.45, 7) is 1.91. The molecule has 3 rings (SSSR count). The number of fused-ring (bicyclic) bond motifs is 1. The van der Waals surface area contributed by atoms with Crippen LogP contribution in [0.25, 0.3) is 22.2 Å². The monoisotopic (exact) mass is 255 g/mol. The molecule has 3 aromatic rings. The van der Waals surface area contributed by atoms with Gasteiger partial charge in [0.15, 0.2) is 0 Å². The van der Waals surface area contributed by atoms with Crippen molar-refractivity contribution in [3.8, 4) is 11.3 Å². The number of rotatable bonds is 1. The Balaban J connectivity index is 2.26. The first-order valence-electron chi connectivity index (χ1n) is 5.96. The first kappa shape index (κ1) is 11.8. The number of benzene rings is 2. The van der Waals surface area contributed by atoms with E-state index < -0.39 is 0 Å². The lowest BCUT2D eigenvalue weighted by molar-refractivity contribution is 0.628. The minimum absolute atomic E-state index is 0.307. The number of aryl methyl sites for hydroxylation is 1. The highest BCUT2D eigenvalue weighted by atomic mass is 19.1. The lowest BCUT2D eigenvalue weighted by Gasteiger charge is -2.07. The molecule has 0 saturated heterocycles. The van der Waals surface area contributed by atoms with Crippen molar-refractivity contribution in [3.63, 3.8) is 0 Å². The molecule has 1 aromatic heterocycles. The van der Waals surface area contributed by atoms with Gasteiger partial charge in [0, 0.05) is 17.0 Å². The molecule has 0 bridgehead atoms. The van der Waals surface area contributed by atoms with Crippen molar-refractivity contribution in [1.29, 1.82) is 0 Å². The molecule has 94 valence electrons. The number of hydrogen-bond donors (Lipinski definition) is 0. The number of pyridine rings is 1. The smallest absolute Gasteiger partial charge is 0.125 e. The van der Waals surface area contributed by atoms with Crippen LogP contribution in [0.1, 0.15) is 5.56 Å². The van der Waals surface area contributed by atoms with Gasteiger partial charge in [-0.15, -0.1) is 0 Å². The second kappa shape index (κ2) is 4.43. The van der Waals surface area contributed by atoms with Crippen LogP contribution in [0.5, 0.6) is 0 Å². The minimum atomic E-state index is -0.325. The third-order valence-corrected chi connectivity index (χ3v) is 3.07. The summed E-state index contributed by atoms with van der Waals surface area (Å²) < 4.78 is 26.5. The third-order valence-electron chi connectivity index (χ3n) is 3.07. The van der Waals surface area contributed by atoms with Crippen molar-refractivity contribution in [2.75, 3.05) is 0 Å². The highest BCUT2D eigenvalue weighted by Gasteiger charge is 2.07. The first-order valence-corrected chi connectivity index (χ1v) is 5.96. The van der Waals surface area contributed by atoms with Crippen LogP contribution >= 0.6 is 0 Å². The largest absolute Gasteiger partial charge is 0.247 e. The van der Waals surface area contributed by atoms with Crippen LogP contribution in [0.4, 0.5) is 8.78 Å². The fraction of sp³-hybridized carbons (Fsp3) is 0.0625. The quantitative estimate of drug-likeness (QED) is 0.624. The van der Waals surface area contributed by atoms with Crippen LogP contribution in [0.15, 0.2) is 48.5 Å². The molecule has 0 aliphatic heterocycles. The summed E-state index contributed by atoms with van der Waals surface area (Å²) in [6.07, 6.45) is 0. The predicted octanol–water partition coefficient (Wildman–Crippen LogP) is 4.49. The van der Waals surface area contributed by atoms with Crippen molar-refractivity contribution in [3.05, 3.63) is 65.7 Å². The second-order valence-electron chi connectivity index (χ2n) is 4.50. The molecular formula is C16H11F2N. The van der Waals surface area contributed by atoms with Gasteiger partial charge in [0.05, 0.1) is 11.2 Å². The molecule has 0 unspecified atom stereocenters. The molecule has 0 N–H and O–H groups in total. The minimum Gasteiger partial charge on any atom is -0.247 e. The molecule has 0 amide bonds. The molecule has 19 heavy (non-hydrogen) atoms. The van der Waals surface area contributed by atoms with E-state index >= 15 is 0 Å². The maximum Gasteiger partial charge on any atom is 0.125 e. The van der Waals surface area contributed by atoms with Crippen molar-refractivity contribution >= 4 is 10.9 Å². The first-order chi connectivity index (χ1) is 9.13. The molecule has 1 heterocycles. The zero-order valence-electron chi connectivity index (χ0n) is 10.3. The standard InChI is InChI=1S/C16H11F2N/c1-10-7-11-5-6-14(18)9-15(11)19-16(10)12-3-2-4-13(17)8-12/h2-9H,1H3. The van der Waals surface area contributed by atoms with Crippen molar-refractivity contribution in [1.82, 2.24) is 4.98 Å². The topological polar surface area (TPSA) is 12.9 Å². The molecular weight excluding hydrogens is 244 g/mol. The van der Waals surface area contributed by atoms with Gasteiger partial charge in [0.25, 0.3) is 0 Å². The highest BCUT2D eigenvalue weighted by Crippen LogP contribution is 2.25. The molecule has 0 aliphatic rings. The van der Waals surface area contributed by atoms with E-state index in [9.17, 15) is 8.78 Å². The Hall–Kier alpha value is -2.29. The third kappa shape index (κ3) is 2.19. The van der Waals surface area contributed by atoms with E-state index in [0.717, 1.165) is 10.9 Å². The van der Waals surface area contributed by atoms with Gasteiger partial charge in [-0.2, -0.15) is 0 Å². The van der Waals surface area contributed by atoms with Crippen LogP contribution in [0.3, 0.4) is 0 Å². The summed E-state index contributed by atoms with van der Waals surface area (Å²) in [4.78, 5) is 4.44. The Labute approximate surface area is 109 Å². The lowest BCUT2D eigenvalue weighted by Crippen LogP contribution is -1.91. The van der Waals surface area contributed by atoms with Crippen LogP contribution in [0, 0.1) is 18.6 Å². The maximum absolute atomic E-state index is 13.3. The van der Waals surface area contributed by atoms with E-state index in [2.05, 4.69) is 4.98 Å². The van der Waals surface area contributed by atoms with Gasteiger partial charge in [-0.3, -0.25) is 0 Å². The Morgan fingerprint density at radius 1 is 0.895 bits per heavy atom. The molecule has 0 spiro atoms. The van der Waals surface area contributed by atoms with Gasteiger partial charge in [-0.1, -0.05) is 12.1 Å². The fourth-order valence-electron chi connectivity index (χ4n) is 2.17. The van der Waals surface area contributed by atoms with Gasteiger partial charge in [-0.05, 0) is 42.8 Å². The van der Waals surface area contributed by atoms with Crippen LogP contribution in [-0.2, 0) is 0 Å². The van der Waals surface area contributed by atoms with Crippen LogP contribution < -0.4 is 0 Å². The highest BCUT2D eigenvalue weighted by molar-refractivity contribution is 5.83. The summed E-state index contributed by atoms with van der Waals surface area (Å²) >= 11 is 0. The van der Waals surface area contributed by atoms with E-state index in [0.29, 0.717) is 16.8 Å². The van der Waals surface area contributed by atoms with Gasteiger partial charge >= 0.3 is 0 Å². The summed E-state index contributed by atoms with van der Waals surface area (Å²) in [7, 11) is 0. The molecule has 1 nitrogen and oxygen atoms in total. The molecule has 0 atom stereocenters. The number of aromatic nitrogens is 1. The second-order valence-corrected chi connectivity index (χ2v) is 4.50. The molecule has 0 saturated carbocycles. The van der Waals surface area contributed by atoms with E-state index in [1.165, 1.54) is 24.3 Å². The van der Waals surface area contributed by atoms with E-state index in [1.807, 2.05) is 13.0 Å². The Morgan fingerprint density at radius 2 is 1.68 bits per heavy atom. The lowest BCUT2D eigenvalue weighted by atomic mass is 10.0. The molecule has 0 fully saturated rings. The zero-order chi connectivity index (χ0) is 13.4. The molecule has 0 aliphatic carbocycles. The number of halogens is 2. The SMILES string of the molecule is Cc1cc2ccc(F)cc2nc1-c1cccc(F)c1. The van der Waals surface area contributed by atoms with E-state index in [4.69, 9.17) is 0 Å². The van der Waals surface area contributed by atoms with Crippen molar-refractivity contribution < 1.29 is 8.78 Å². The van der Waals surface area contributed by atoms with E-state index in [1.54, 1.807) is 18.2 Å². The van der Waals surface area contributed by atoms with Crippen molar-refractivity contribution in [2.24, 2.45) is 0 Å². The summed E-state index contributed by atoms with van der Waals surface area (Å²) in [5.41, 5.74) is 2.89. The molecule has 2 aromatic carbocycles. The Kier molecular flexibility index (Phi) is 2.75. The number of nitrogens with zero attached hydrogens (tertiary/aromatic N) is 1. The summed E-state index contributed by atoms with van der Waals surface area (Å²) in [5, 5.41) is 0.874. The normalized spacial score (nSPS) is 10.9. The van der Waals surface area contributed by atoms with E-state index in [-0.39, 0.29) is 11.6 Å².